The fourth-order valence-corrected chi connectivity index (χ4v) is 3.11. The molecular weight excluding hydrogens is 288 g/mol. The highest BCUT2D eigenvalue weighted by Crippen LogP contribution is 2.34. The Morgan fingerprint density at radius 1 is 0.875 bits per heavy atom. The minimum Gasteiger partial charge on any atom is -0.0651 e. The first kappa shape index (κ1) is 26.2. The Bertz CT molecular complexity index is 261. The van der Waals surface area contributed by atoms with Gasteiger partial charge in [-0.3, -0.25) is 0 Å². The van der Waals surface area contributed by atoms with Gasteiger partial charge in [0, 0.05) is 0 Å². The molecule has 24 heavy (non-hydrogen) atoms. The highest BCUT2D eigenvalue weighted by atomic mass is 14.3. The monoisotopic (exact) mass is 340 g/mol. The maximum atomic E-state index is 2.39. The first-order chi connectivity index (χ1) is 11.0. The summed E-state index contributed by atoms with van der Waals surface area (Å²) < 4.78 is 0. The minimum absolute atomic E-state index is 0.523. The van der Waals surface area contributed by atoms with Gasteiger partial charge >= 0.3 is 0 Å². The van der Waals surface area contributed by atoms with E-state index in [-0.39, 0.29) is 0 Å². The van der Waals surface area contributed by atoms with E-state index >= 15 is 0 Å². The summed E-state index contributed by atoms with van der Waals surface area (Å²) in [6.07, 6.45) is 9.86. The van der Waals surface area contributed by atoms with Crippen molar-refractivity contribution in [2.75, 3.05) is 0 Å². The first-order valence-corrected chi connectivity index (χ1v) is 11.0. The van der Waals surface area contributed by atoms with Crippen LogP contribution in [0, 0.1) is 35.0 Å². The van der Waals surface area contributed by atoms with E-state index in [2.05, 4.69) is 76.2 Å². The van der Waals surface area contributed by atoms with Gasteiger partial charge in [0.05, 0.1) is 0 Å². The molecule has 0 aromatic heterocycles. The quantitative estimate of drug-likeness (QED) is 0.452. The fraction of sp³-hybridized carbons (Fsp3) is 1.00. The smallest absolute Gasteiger partial charge is 0.0329 e. The molecule has 0 bridgehead atoms. The van der Waals surface area contributed by atoms with Gasteiger partial charge < -0.3 is 0 Å². The predicted molar refractivity (Wildman–Crippen MR) is 115 cm³/mol. The van der Waals surface area contributed by atoms with Crippen LogP contribution in [-0.2, 0) is 0 Å². The first-order valence-electron chi connectivity index (χ1n) is 11.0. The molecule has 1 aliphatic rings. The lowest BCUT2D eigenvalue weighted by Crippen LogP contribution is -2.21. The lowest BCUT2D eigenvalue weighted by Gasteiger charge is -2.31. The van der Waals surface area contributed by atoms with Crippen LogP contribution in [0.3, 0.4) is 0 Å². The molecule has 0 amide bonds. The fourth-order valence-electron chi connectivity index (χ4n) is 3.11. The maximum Gasteiger partial charge on any atom is -0.0329 e. The summed E-state index contributed by atoms with van der Waals surface area (Å²) in [4.78, 5) is 0. The molecule has 0 heteroatoms. The molecule has 0 aromatic rings. The second-order valence-corrected chi connectivity index (χ2v) is 9.74. The van der Waals surface area contributed by atoms with Crippen molar-refractivity contribution in [2.24, 2.45) is 35.0 Å². The summed E-state index contributed by atoms with van der Waals surface area (Å²) >= 11 is 0. The van der Waals surface area contributed by atoms with Crippen LogP contribution < -0.4 is 0 Å². The van der Waals surface area contributed by atoms with E-state index in [1.807, 2.05) is 0 Å². The number of hydrogen-bond donors (Lipinski definition) is 0. The van der Waals surface area contributed by atoms with E-state index in [0.29, 0.717) is 5.41 Å². The largest absolute Gasteiger partial charge is 0.0651 e. The Labute approximate surface area is 156 Å². The van der Waals surface area contributed by atoms with Crippen LogP contribution in [0.25, 0.3) is 0 Å². The Morgan fingerprint density at radius 2 is 1.38 bits per heavy atom. The average molecular weight is 341 g/mol. The maximum absolute atomic E-state index is 2.39. The Hall–Kier alpha value is 0. The van der Waals surface area contributed by atoms with E-state index in [0.717, 1.165) is 29.6 Å². The molecule has 3 atom stereocenters. The van der Waals surface area contributed by atoms with Crippen LogP contribution in [-0.4, -0.2) is 0 Å². The molecule has 1 aliphatic carbocycles. The summed E-state index contributed by atoms with van der Waals surface area (Å²) in [5.41, 5.74) is 0.523. The second-order valence-electron chi connectivity index (χ2n) is 9.74. The summed E-state index contributed by atoms with van der Waals surface area (Å²) in [6.45, 7) is 25.4. The van der Waals surface area contributed by atoms with Crippen LogP contribution in [0.15, 0.2) is 0 Å². The summed E-state index contributed by atoms with van der Waals surface area (Å²) in [5.74, 6) is 4.66. The highest BCUT2D eigenvalue weighted by molar-refractivity contribution is 4.74. The third-order valence-electron chi connectivity index (χ3n) is 6.51. The van der Waals surface area contributed by atoms with Gasteiger partial charge in [-0.15, -0.1) is 0 Å². The molecule has 1 fully saturated rings. The molecule has 0 saturated heterocycles. The zero-order valence-corrected chi connectivity index (χ0v) is 19.3. The topological polar surface area (TPSA) is 0 Å². The van der Waals surface area contributed by atoms with Crippen molar-refractivity contribution in [3.63, 3.8) is 0 Å². The van der Waals surface area contributed by atoms with Gasteiger partial charge in [-0.2, -0.15) is 0 Å². The van der Waals surface area contributed by atoms with Crippen LogP contribution in [0.1, 0.15) is 121 Å². The second kappa shape index (κ2) is 14.2. The van der Waals surface area contributed by atoms with Crippen LogP contribution in [0.2, 0.25) is 0 Å². The Morgan fingerprint density at radius 3 is 1.58 bits per heavy atom. The van der Waals surface area contributed by atoms with Gasteiger partial charge in [-0.25, -0.2) is 0 Å². The number of hydrogen-bond acceptors (Lipinski definition) is 0. The van der Waals surface area contributed by atoms with Crippen LogP contribution in [0.4, 0.5) is 0 Å². The van der Waals surface area contributed by atoms with Gasteiger partial charge in [0.2, 0.25) is 0 Å². The van der Waals surface area contributed by atoms with Gasteiger partial charge in [0.1, 0.15) is 0 Å². The van der Waals surface area contributed by atoms with Gasteiger partial charge in [-0.1, -0.05) is 115 Å². The Kier molecular flexibility index (Phi) is 15.5. The van der Waals surface area contributed by atoms with Gasteiger partial charge in [0.15, 0.2) is 0 Å². The van der Waals surface area contributed by atoms with Crippen molar-refractivity contribution in [1.29, 1.82) is 0 Å². The molecule has 0 heterocycles. The Balaban J connectivity index is 0. The van der Waals surface area contributed by atoms with Crippen molar-refractivity contribution in [3.05, 3.63) is 0 Å². The van der Waals surface area contributed by atoms with Gasteiger partial charge in [-0.05, 0) is 41.4 Å². The molecule has 1 saturated carbocycles. The molecule has 0 N–H and O–H groups in total. The molecule has 3 unspecified atom stereocenters. The highest BCUT2D eigenvalue weighted by Gasteiger charge is 2.23. The third kappa shape index (κ3) is 13.3. The van der Waals surface area contributed by atoms with Crippen molar-refractivity contribution < 1.29 is 0 Å². The van der Waals surface area contributed by atoms with Crippen molar-refractivity contribution >= 4 is 0 Å². The molecule has 1 rings (SSSR count). The zero-order valence-electron chi connectivity index (χ0n) is 19.3. The summed E-state index contributed by atoms with van der Waals surface area (Å²) in [6, 6.07) is 0. The van der Waals surface area contributed by atoms with Crippen molar-refractivity contribution in [1.82, 2.24) is 0 Å². The lowest BCUT2D eigenvalue weighted by atomic mass is 9.74. The summed E-state index contributed by atoms with van der Waals surface area (Å²) in [7, 11) is 0. The molecule has 0 nitrogen and oxygen atoms in total. The standard InChI is InChI=1S/C11H24.C8H16.C5H12/c1-7-10(4)8-11(5,6)9(2)3;1-3-8-6-4-5-7(8)2;1-4-5(2)3/h9-10H,7-8H2,1-6H3;7-8H,3-6H2,1-2H3;5H,4H2,1-3H3. The molecule has 0 aliphatic heterocycles. The molecular formula is C24H52. The van der Waals surface area contributed by atoms with Crippen LogP contribution >= 0.6 is 0 Å². The van der Waals surface area contributed by atoms with Crippen molar-refractivity contribution in [3.8, 4) is 0 Å². The minimum atomic E-state index is 0.523. The molecule has 0 radical (unpaired) electrons. The van der Waals surface area contributed by atoms with E-state index in [1.54, 1.807) is 0 Å². The lowest BCUT2D eigenvalue weighted by molar-refractivity contribution is 0.191. The van der Waals surface area contributed by atoms with Gasteiger partial charge in [0.25, 0.3) is 0 Å². The number of rotatable bonds is 6. The molecule has 0 spiro atoms. The molecule has 148 valence electrons. The zero-order chi connectivity index (χ0) is 19.3. The average Bonchev–Trinajstić information content (AvgIpc) is 2.93. The van der Waals surface area contributed by atoms with Crippen molar-refractivity contribution in [2.45, 2.75) is 121 Å². The third-order valence-corrected chi connectivity index (χ3v) is 6.51. The molecule has 0 aromatic carbocycles. The predicted octanol–water partition coefficient (Wildman–Crippen LogP) is 8.99. The normalized spacial score (nSPS) is 21.9. The summed E-state index contributed by atoms with van der Waals surface area (Å²) in [5, 5.41) is 0. The van der Waals surface area contributed by atoms with Crippen LogP contribution in [0.5, 0.6) is 0 Å². The van der Waals surface area contributed by atoms with E-state index < -0.39 is 0 Å². The SMILES string of the molecule is CCC(C)C.CCC(C)CC(C)(C)C(C)C.CCC1CCCC1C. The van der Waals surface area contributed by atoms with E-state index in [1.165, 1.54) is 44.9 Å². The van der Waals surface area contributed by atoms with E-state index in [4.69, 9.17) is 0 Å². The van der Waals surface area contributed by atoms with E-state index in [9.17, 15) is 0 Å².